The Hall–Kier alpha value is -3.08. The molecule has 5 heteroatoms. The Kier molecular flexibility index (Phi) is 5.07. The van der Waals surface area contributed by atoms with Crippen molar-refractivity contribution in [2.45, 2.75) is 27.7 Å². The van der Waals surface area contributed by atoms with Gasteiger partial charge in [-0.2, -0.15) is 4.98 Å². The molecule has 3 rings (SSSR count). The van der Waals surface area contributed by atoms with Crippen molar-refractivity contribution in [1.29, 1.82) is 0 Å². The van der Waals surface area contributed by atoms with Gasteiger partial charge in [-0.25, -0.2) is 4.98 Å². The summed E-state index contributed by atoms with van der Waals surface area (Å²) in [5.74, 6) is 2.03. The second-order valence-electron chi connectivity index (χ2n) is 6.49. The van der Waals surface area contributed by atoms with Gasteiger partial charge in [0.1, 0.15) is 11.6 Å². The summed E-state index contributed by atoms with van der Waals surface area (Å²) in [6, 6.07) is 14.2. The number of nitrogens with zero attached hydrogens (tertiary/aromatic N) is 2. The molecule has 0 atom stereocenters. The van der Waals surface area contributed by atoms with Crippen molar-refractivity contribution in [3.8, 4) is 5.75 Å². The molecule has 5 nitrogen and oxygen atoms in total. The molecule has 0 aliphatic carbocycles. The zero-order chi connectivity index (χ0) is 18.7. The van der Waals surface area contributed by atoms with E-state index in [0.29, 0.717) is 5.95 Å². The Bertz CT molecular complexity index is 937. The van der Waals surface area contributed by atoms with Gasteiger partial charge in [0.05, 0.1) is 12.8 Å². The van der Waals surface area contributed by atoms with Crippen LogP contribution in [0.2, 0.25) is 0 Å². The molecular weight excluding hydrogens is 324 g/mol. The first kappa shape index (κ1) is 17.7. The molecule has 0 aliphatic heterocycles. The third kappa shape index (κ3) is 4.11. The van der Waals surface area contributed by atoms with E-state index >= 15 is 0 Å². The Balaban J connectivity index is 1.91. The number of hydrogen-bond acceptors (Lipinski definition) is 5. The molecule has 2 aromatic carbocycles. The molecule has 0 unspecified atom stereocenters. The van der Waals surface area contributed by atoms with Crippen molar-refractivity contribution >= 4 is 23.1 Å². The van der Waals surface area contributed by atoms with Crippen LogP contribution in [0.3, 0.4) is 0 Å². The first-order valence-electron chi connectivity index (χ1n) is 8.56. The van der Waals surface area contributed by atoms with Crippen molar-refractivity contribution in [2.75, 3.05) is 17.7 Å². The Morgan fingerprint density at radius 1 is 0.769 bits per heavy atom. The smallest absolute Gasteiger partial charge is 0.229 e. The molecule has 2 N–H and O–H groups in total. The quantitative estimate of drug-likeness (QED) is 0.663. The van der Waals surface area contributed by atoms with E-state index in [4.69, 9.17) is 4.74 Å². The van der Waals surface area contributed by atoms with E-state index in [0.717, 1.165) is 34.2 Å². The highest BCUT2D eigenvalue weighted by atomic mass is 16.5. The fraction of sp³-hybridized carbons (Fsp3) is 0.238. The first-order valence-corrected chi connectivity index (χ1v) is 8.56. The summed E-state index contributed by atoms with van der Waals surface area (Å²) >= 11 is 0. The van der Waals surface area contributed by atoms with Gasteiger partial charge in [-0.05, 0) is 62.6 Å². The summed E-state index contributed by atoms with van der Waals surface area (Å²) in [6.45, 7) is 8.14. The fourth-order valence-electron chi connectivity index (χ4n) is 2.74. The van der Waals surface area contributed by atoms with Gasteiger partial charge >= 0.3 is 0 Å². The summed E-state index contributed by atoms with van der Waals surface area (Å²) in [7, 11) is 1.65. The van der Waals surface area contributed by atoms with E-state index in [9.17, 15) is 0 Å². The summed E-state index contributed by atoms with van der Waals surface area (Å²) in [5.41, 5.74) is 6.27. The van der Waals surface area contributed by atoms with Gasteiger partial charge < -0.3 is 15.4 Å². The summed E-state index contributed by atoms with van der Waals surface area (Å²) in [5, 5.41) is 6.67. The van der Waals surface area contributed by atoms with Gasteiger partial charge in [0.15, 0.2) is 0 Å². The number of benzene rings is 2. The van der Waals surface area contributed by atoms with Crippen LogP contribution in [0, 0.1) is 27.7 Å². The van der Waals surface area contributed by atoms with E-state index < -0.39 is 0 Å². The highest BCUT2D eigenvalue weighted by Crippen LogP contribution is 2.28. The van der Waals surface area contributed by atoms with Crippen LogP contribution in [0.15, 0.2) is 42.5 Å². The highest BCUT2D eigenvalue weighted by Gasteiger charge is 2.08. The molecule has 0 radical (unpaired) electrons. The van der Waals surface area contributed by atoms with Gasteiger partial charge in [0.25, 0.3) is 0 Å². The summed E-state index contributed by atoms with van der Waals surface area (Å²) in [4.78, 5) is 9.11. The van der Waals surface area contributed by atoms with Crippen LogP contribution in [-0.4, -0.2) is 17.1 Å². The Morgan fingerprint density at radius 2 is 1.46 bits per heavy atom. The number of rotatable bonds is 5. The zero-order valence-electron chi connectivity index (χ0n) is 15.8. The lowest BCUT2D eigenvalue weighted by molar-refractivity contribution is 0.416. The molecular formula is C21H24N4O. The minimum Gasteiger partial charge on any atom is -0.495 e. The molecule has 0 saturated heterocycles. The van der Waals surface area contributed by atoms with Gasteiger partial charge in [0.2, 0.25) is 5.95 Å². The van der Waals surface area contributed by atoms with E-state index in [1.807, 2.05) is 38.1 Å². The number of hydrogen-bond donors (Lipinski definition) is 2. The number of methoxy groups -OCH3 is 1. The molecule has 134 valence electrons. The molecule has 1 heterocycles. The maximum Gasteiger partial charge on any atom is 0.229 e. The number of anilines is 4. The molecule has 0 fully saturated rings. The summed E-state index contributed by atoms with van der Waals surface area (Å²) < 4.78 is 5.42. The second kappa shape index (κ2) is 7.44. The van der Waals surface area contributed by atoms with E-state index in [1.165, 1.54) is 11.1 Å². The maximum absolute atomic E-state index is 5.42. The molecule has 0 saturated carbocycles. The Labute approximate surface area is 154 Å². The largest absolute Gasteiger partial charge is 0.495 e. The van der Waals surface area contributed by atoms with Crippen molar-refractivity contribution in [3.63, 3.8) is 0 Å². The molecule has 0 aliphatic rings. The normalized spacial score (nSPS) is 10.5. The lowest BCUT2D eigenvalue weighted by Gasteiger charge is -2.14. The topological polar surface area (TPSA) is 59.1 Å². The molecule has 0 bridgehead atoms. The summed E-state index contributed by atoms with van der Waals surface area (Å²) in [6.07, 6.45) is 0. The van der Waals surface area contributed by atoms with E-state index in [2.05, 4.69) is 52.6 Å². The molecule has 1 aromatic heterocycles. The van der Waals surface area contributed by atoms with Crippen LogP contribution >= 0.6 is 0 Å². The SMILES string of the molecule is COc1ccc(C)cc1Nc1nc(C)cc(Nc2cc(C)ccc2C)n1. The van der Waals surface area contributed by atoms with Crippen molar-refractivity contribution in [1.82, 2.24) is 9.97 Å². The first-order chi connectivity index (χ1) is 12.4. The van der Waals surface area contributed by atoms with Gasteiger partial charge in [-0.3, -0.25) is 0 Å². The average molecular weight is 348 g/mol. The van der Waals surface area contributed by atoms with E-state index in [1.54, 1.807) is 7.11 Å². The van der Waals surface area contributed by atoms with Crippen LogP contribution < -0.4 is 15.4 Å². The third-order valence-corrected chi connectivity index (χ3v) is 4.11. The standard InChI is InChI=1S/C21H24N4O/c1-13-6-8-15(3)17(10-13)23-20-12-16(4)22-21(25-20)24-18-11-14(2)7-9-19(18)26-5/h6-12H,1-5H3,(H2,22,23,24,25). The van der Waals surface area contributed by atoms with Crippen molar-refractivity contribution in [3.05, 3.63) is 64.8 Å². The third-order valence-electron chi connectivity index (χ3n) is 4.11. The highest BCUT2D eigenvalue weighted by molar-refractivity contribution is 5.66. The molecule has 0 amide bonds. The number of aromatic nitrogens is 2. The Morgan fingerprint density at radius 3 is 2.19 bits per heavy atom. The van der Waals surface area contributed by atoms with Gasteiger partial charge in [0, 0.05) is 17.4 Å². The van der Waals surface area contributed by atoms with Crippen molar-refractivity contribution in [2.24, 2.45) is 0 Å². The van der Waals surface area contributed by atoms with Crippen LogP contribution in [0.1, 0.15) is 22.4 Å². The lowest BCUT2D eigenvalue weighted by Crippen LogP contribution is -2.04. The fourth-order valence-corrected chi connectivity index (χ4v) is 2.74. The van der Waals surface area contributed by atoms with Crippen LogP contribution in [-0.2, 0) is 0 Å². The van der Waals surface area contributed by atoms with Gasteiger partial charge in [-0.15, -0.1) is 0 Å². The predicted octanol–water partition coefficient (Wildman–Crippen LogP) is 5.21. The average Bonchev–Trinajstić information content (AvgIpc) is 2.58. The molecule has 26 heavy (non-hydrogen) atoms. The van der Waals surface area contributed by atoms with Gasteiger partial charge in [-0.1, -0.05) is 18.2 Å². The predicted molar refractivity (Wildman–Crippen MR) is 107 cm³/mol. The van der Waals surface area contributed by atoms with Crippen LogP contribution in [0.5, 0.6) is 5.75 Å². The monoisotopic (exact) mass is 348 g/mol. The lowest BCUT2D eigenvalue weighted by atomic mass is 10.1. The zero-order valence-corrected chi connectivity index (χ0v) is 15.8. The maximum atomic E-state index is 5.42. The number of nitrogens with one attached hydrogen (secondary N) is 2. The van der Waals surface area contributed by atoms with Crippen LogP contribution in [0.25, 0.3) is 0 Å². The van der Waals surface area contributed by atoms with E-state index in [-0.39, 0.29) is 0 Å². The molecule has 3 aromatic rings. The molecule has 0 spiro atoms. The van der Waals surface area contributed by atoms with Crippen LogP contribution in [0.4, 0.5) is 23.1 Å². The number of aryl methyl sites for hydroxylation is 4. The number of ether oxygens (including phenoxy) is 1. The minimum absolute atomic E-state index is 0.529. The van der Waals surface area contributed by atoms with Crippen molar-refractivity contribution < 1.29 is 4.74 Å². The minimum atomic E-state index is 0.529. The second-order valence-corrected chi connectivity index (χ2v) is 6.49.